The minimum Gasteiger partial charge on any atom is -0.296 e. The summed E-state index contributed by atoms with van der Waals surface area (Å²) in [5, 5.41) is 12.1. The van der Waals surface area contributed by atoms with Crippen molar-refractivity contribution in [3.05, 3.63) is 74.2 Å². The second-order valence-corrected chi connectivity index (χ2v) is 7.28. The fraction of sp³-hybridized carbons (Fsp3) is 0.118. The van der Waals surface area contributed by atoms with E-state index in [9.17, 15) is 18.0 Å². The van der Waals surface area contributed by atoms with Crippen LogP contribution in [0.5, 0.6) is 0 Å². The van der Waals surface area contributed by atoms with E-state index < -0.39 is 17.6 Å². The van der Waals surface area contributed by atoms with Crippen LogP contribution in [0.15, 0.2) is 42.5 Å². The van der Waals surface area contributed by atoms with Crippen LogP contribution in [0.4, 0.5) is 18.3 Å². The Hall–Kier alpha value is -2.16. The van der Waals surface area contributed by atoms with Crippen molar-refractivity contribution in [1.82, 2.24) is 10.2 Å². The van der Waals surface area contributed by atoms with Crippen LogP contribution < -0.4 is 5.32 Å². The highest BCUT2D eigenvalue weighted by atomic mass is 35.5. The van der Waals surface area contributed by atoms with Gasteiger partial charge in [-0.05, 0) is 42.0 Å². The molecule has 0 radical (unpaired) electrons. The minimum atomic E-state index is -4.46. The number of benzene rings is 2. The molecule has 3 aromatic rings. The Morgan fingerprint density at radius 1 is 1.04 bits per heavy atom. The van der Waals surface area contributed by atoms with Crippen molar-refractivity contribution >= 4 is 45.6 Å². The molecule has 0 aliphatic carbocycles. The quantitative estimate of drug-likeness (QED) is 0.575. The number of carbonyl (C=O) groups is 1. The molecule has 0 aliphatic heterocycles. The van der Waals surface area contributed by atoms with Crippen molar-refractivity contribution in [3.63, 3.8) is 0 Å². The first-order chi connectivity index (χ1) is 12.7. The van der Waals surface area contributed by atoms with Crippen molar-refractivity contribution in [2.75, 3.05) is 5.32 Å². The SMILES string of the molecule is O=C(Nc1nnc(Cc2c(Cl)cccc2Cl)s1)c1ccc(C(F)(F)F)cc1. The molecule has 0 fully saturated rings. The zero-order valence-corrected chi connectivity index (χ0v) is 15.7. The average Bonchev–Trinajstić information content (AvgIpc) is 3.05. The second-order valence-electron chi connectivity index (χ2n) is 5.41. The van der Waals surface area contributed by atoms with Gasteiger partial charge in [0.2, 0.25) is 5.13 Å². The monoisotopic (exact) mass is 431 g/mol. The number of aromatic nitrogens is 2. The number of halogens is 5. The van der Waals surface area contributed by atoms with Gasteiger partial charge in [-0.15, -0.1) is 10.2 Å². The van der Waals surface area contributed by atoms with E-state index in [4.69, 9.17) is 23.2 Å². The summed E-state index contributed by atoms with van der Waals surface area (Å²) in [6, 6.07) is 9.03. The van der Waals surface area contributed by atoms with Crippen molar-refractivity contribution in [2.24, 2.45) is 0 Å². The molecule has 0 atom stereocenters. The highest BCUT2D eigenvalue weighted by Crippen LogP contribution is 2.30. The van der Waals surface area contributed by atoms with Crippen LogP contribution in [0.3, 0.4) is 0 Å². The van der Waals surface area contributed by atoms with Gasteiger partial charge in [-0.3, -0.25) is 10.1 Å². The van der Waals surface area contributed by atoms with Gasteiger partial charge in [-0.1, -0.05) is 40.6 Å². The molecule has 0 bridgehead atoms. The molecule has 140 valence electrons. The molecule has 0 saturated carbocycles. The normalized spacial score (nSPS) is 11.4. The fourth-order valence-electron chi connectivity index (χ4n) is 2.21. The number of carbonyl (C=O) groups excluding carboxylic acids is 1. The number of anilines is 1. The number of nitrogens with one attached hydrogen (secondary N) is 1. The lowest BCUT2D eigenvalue weighted by molar-refractivity contribution is -0.137. The molecular weight excluding hydrogens is 422 g/mol. The third-order valence-electron chi connectivity index (χ3n) is 3.55. The average molecular weight is 432 g/mol. The Morgan fingerprint density at radius 3 is 2.26 bits per heavy atom. The molecule has 1 heterocycles. The number of hydrogen-bond acceptors (Lipinski definition) is 4. The molecular formula is C17H10Cl2F3N3OS. The Balaban J connectivity index is 1.69. The van der Waals surface area contributed by atoms with Crippen LogP contribution in [0.2, 0.25) is 10.0 Å². The predicted octanol–water partition coefficient (Wildman–Crippen LogP) is 5.71. The number of alkyl halides is 3. The van der Waals surface area contributed by atoms with Gasteiger partial charge in [0.05, 0.1) is 5.56 Å². The van der Waals surface area contributed by atoms with Gasteiger partial charge >= 0.3 is 6.18 Å². The predicted molar refractivity (Wildman–Crippen MR) is 98.6 cm³/mol. The smallest absolute Gasteiger partial charge is 0.296 e. The van der Waals surface area contributed by atoms with Crippen molar-refractivity contribution in [1.29, 1.82) is 0 Å². The summed E-state index contributed by atoms with van der Waals surface area (Å²) < 4.78 is 37.7. The molecule has 1 amide bonds. The molecule has 0 spiro atoms. The largest absolute Gasteiger partial charge is 0.416 e. The summed E-state index contributed by atoms with van der Waals surface area (Å²) in [5.41, 5.74) is -0.0552. The Bertz CT molecular complexity index is 954. The topological polar surface area (TPSA) is 54.9 Å². The molecule has 27 heavy (non-hydrogen) atoms. The van der Waals surface area contributed by atoms with Gasteiger partial charge in [0.15, 0.2) is 0 Å². The lowest BCUT2D eigenvalue weighted by Crippen LogP contribution is -2.12. The summed E-state index contributed by atoms with van der Waals surface area (Å²) in [4.78, 5) is 12.2. The van der Waals surface area contributed by atoms with E-state index in [1.165, 1.54) is 0 Å². The maximum Gasteiger partial charge on any atom is 0.416 e. The van der Waals surface area contributed by atoms with Gasteiger partial charge in [0.1, 0.15) is 5.01 Å². The molecule has 0 saturated heterocycles. The minimum absolute atomic E-state index is 0.0777. The van der Waals surface area contributed by atoms with Crippen molar-refractivity contribution in [2.45, 2.75) is 12.6 Å². The van der Waals surface area contributed by atoms with E-state index in [0.717, 1.165) is 35.6 Å². The summed E-state index contributed by atoms with van der Waals surface area (Å²) in [6.07, 6.45) is -4.12. The first-order valence-electron chi connectivity index (χ1n) is 7.48. The summed E-state index contributed by atoms with van der Waals surface area (Å²) in [7, 11) is 0. The summed E-state index contributed by atoms with van der Waals surface area (Å²) in [6.45, 7) is 0. The highest BCUT2D eigenvalue weighted by molar-refractivity contribution is 7.15. The Kier molecular flexibility index (Phi) is 5.69. The van der Waals surface area contributed by atoms with E-state index >= 15 is 0 Å². The van der Waals surface area contributed by atoms with E-state index in [-0.39, 0.29) is 10.7 Å². The van der Waals surface area contributed by atoms with Crippen molar-refractivity contribution in [3.8, 4) is 0 Å². The third-order valence-corrected chi connectivity index (χ3v) is 5.10. The molecule has 4 nitrogen and oxygen atoms in total. The zero-order chi connectivity index (χ0) is 19.6. The number of amides is 1. The van der Waals surface area contributed by atoms with Crippen LogP contribution in [-0.4, -0.2) is 16.1 Å². The standard InChI is InChI=1S/C17H10Cl2F3N3OS/c18-12-2-1-3-13(19)11(12)8-14-24-25-16(27-14)23-15(26)9-4-6-10(7-5-9)17(20,21)22/h1-7H,8H2,(H,23,25,26). The lowest BCUT2D eigenvalue weighted by atomic mass is 10.1. The molecule has 1 aromatic heterocycles. The first kappa shape index (κ1) is 19.6. The van der Waals surface area contributed by atoms with Crippen LogP contribution in [-0.2, 0) is 12.6 Å². The van der Waals surface area contributed by atoms with Gasteiger partial charge in [0, 0.05) is 22.0 Å². The van der Waals surface area contributed by atoms with Crippen LogP contribution in [0.25, 0.3) is 0 Å². The second kappa shape index (κ2) is 7.84. The van der Waals surface area contributed by atoms with E-state index in [1.807, 2.05) is 0 Å². The van der Waals surface area contributed by atoms with E-state index in [1.54, 1.807) is 18.2 Å². The molecule has 1 N–H and O–H groups in total. The van der Waals surface area contributed by atoms with Crippen LogP contribution >= 0.6 is 34.5 Å². The Labute approximate surface area is 166 Å². The van der Waals surface area contributed by atoms with Gasteiger partial charge in [0.25, 0.3) is 5.91 Å². The Morgan fingerprint density at radius 2 is 1.67 bits per heavy atom. The third kappa shape index (κ3) is 4.77. The van der Waals surface area contributed by atoms with Gasteiger partial charge in [-0.2, -0.15) is 13.2 Å². The summed E-state index contributed by atoms with van der Waals surface area (Å²) >= 11 is 13.4. The zero-order valence-electron chi connectivity index (χ0n) is 13.3. The molecule has 2 aromatic carbocycles. The number of hydrogen-bond donors (Lipinski definition) is 1. The molecule has 0 aliphatic rings. The molecule has 10 heteroatoms. The molecule has 3 rings (SSSR count). The van der Waals surface area contributed by atoms with Crippen molar-refractivity contribution < 1.29 is 18.0 Å². The van der Waals surface area contributed by atoms with E-state index in [2.05, 4.69) is 15.5 Å². The summed E-state index contributed by atoms with van der Waals surface area (Å²) in [5.74, 6) is -0.581. The van der Waals surface area contributed by atoms with Crippen LogP contribution in [0.1, 0.15) is 26.5 Å². The highest BCUT2D eigenvalue weighted by Gasteiger charge is 2.30. The maximum atomic E-state index is 12.6. The van der Waals surface area contributed by atoms with Gasteiger partial charge < -0.3 is 0 Å². The molecule has 0 unspecified atom stereocenters. The first-order valence-corrected chi connectivity index (χ1v) is 9.05. The number of rotatable bonds is 4. The fourth-order valence-corrected chi connectivity index (χ4v) is 3.49. The van der Waals surface area contributed by atoms with Crippen LogP contribution in [0, 0.1) is 0 Å². The van der Waals surface area contributed by atoms with Gasteiger partial charge in [-0.25, -0.2) is 0 Å². The maximum absolute atomic E-state index is 12.6. The number of nitrogens with zero attached hydrogens (tertiary/aromatic N) is 2. The lowest BCUT2D eigenvalue weighted by Gasteiger charge is -2.07. The van der Waals surface area contributed by atoms with E-state index in [0.29, 0.717) is 27.0 Å².